The fourth-order valence-corrected chi connectivity index (χ4v) is 3.17. The second kappa shape index (κ2) is 12.7. The molecule has 0 fully saturated rings. The van der Waals surface area contributed by atoms with Gasteiger partial charge < -0.3 is 0 Å². The molecule has 0 aromatic heterocycles. The molecule has 0 saturated carbocycles. The Bertz CT molecular complexity index is 567. The number of hydrogen-bond acceptors (Lipinski definition) is 0. The zero-order chi connectivity index (χ0) is 20.2. The summed E-state index contributed by atoms with van der Waals surface area (Å²) in [6.45, 7) is 19.5. The fourth-order valence-electron chi connectivity index (χ4n) is 3.17. The van der Waals surface area contributed by atoms with E-state index in [1.165, 1.54) is 41.5 Å². The van der Waals surface area contributed by atoms with Crippen molar-refractivity contribution >= 4 is 0 Å². The van der Waals surface area contributed by atoms with E-state index < -0.39 is 0 Å². The van der Waals surface area contributed by atoms with Gasteiger partial charge in [-0.15, -0.1) is 0 Å². The van der Waals surface area contributed by atoms with Crippen LogP contribution in [0.1, 0.15) is 79.4 Å². The van der Waals surface area contributed by atoms with E-state index in [2.05, 4.69) is 83.1 Å². The SMILES string of the molecule is CC.CC.Cc1ccc(-c2ccc(CCC(C)CC(C)(C)C)cc2)cc1. The van der Waals surface area contributed by atoms with Gasteiger partial charge in [0.2, 0.25) is 0 Å². The lowest BCUT2D eigenvalue weighted by Crippen LogP contribution is -2.11. The zero-order valence-electron chi connectivity index (χ0n) is 18.8. The molecule has 1 unspecified atom stereocenters. The molecule has 0 aliphatic carbocycles. The maximum Gasteiger partial charge on any atom is -0.0184 e. The van der Waals surface area contributed by atoms with Crippen LogP contribution in [0.5, 0.6) is 0 Å². The molecular weight excluding hydrogens is 312 g/mol. The van der Waals surface area contributed by atoms with Crippen molar-refractivity contribution in [2.24, 2.45) is 11.3 Å². The summed E-state index contributed by atoms with van der Waals surface area (Å²) in [5.74, 6) is 0.789. The lowest BCUT2D eigenvalue weighted by Gasteiger charge is -2.23. The van der Waals surface area contributed by atoms with E-state index in [-0.39, 0.29) is 0 Å². The first kappa shape index (κ1) is 24.4. The van der Waals surface area contributed by atoms with E-state index in [1.54, 1.807) is 0 Å². The number of hydrogen-bond donors (Lipinski definition) is 0. The van der Waals surface area contributed by atoms with Crippen LogP contribution in [0.15, 0.2) is 48.5 Å². The van der Waals surface area contributed by atoms with Gasteiger partial charge in [-0.2, -0.15) is 0 Å². The summed E-state index contributed by atoms with van der Waals surface area (Å²) in [7, 11) is 0. The summed E-state index contributed by atoms with van der Waals surface area (Å²) in [6.07, 6.45) is 3.76. The van der Waals surface area contributed by atoms with Gasteiger partial charge in [0.25, 0.3) is 0 Å². The smallest absolute Gasteiger partial charge is 0.0184 e. The normalized spacial score (nSPS) is 11.6. The first-order chi connectivity index (χ1) is 12.3. The number of aryl methyl sites for hydroxylation is 2. The van der Waals surface area contributed by atoms with Crippen molar-refractivity contribution in [3.63, 3.8) is 0 Å². The molecule has 2 rings (SSSR count). The average molecular weight is 355 g/mol. The van der Waals surface area contributed by atoms with Crippen molar-refractivity contribution in [2.75, 3.05) is 0 Å². The monoisotopic (exact) mass is 354 g/mol. The Hall–Kier alpha value is -1.56. The molecule has 0 N–H and O–H groups in total. The molecule has 0 nitrogen and oxygen atoms in total. The van der Waals surface area contributed by atoms with E-state index >= 15 is 0 Å². The maximum absolute atomic E-state index is 2.38. The average Bonchev–Trinajstić information content (AvgIpc) is 2.63. The lowest BCUT2D eigenvalue weighted by molar-refractivity contribution is 0.297. The molecule has 0 amide bonds. The third kappa shape index (κ3) is 9.80. The van der Waals surface area contributed by atoms with E-state index in [4.69, 9.17) is 0 Å². The molecule has 0 aliphatic heterocycles. The summed E-state index contributed by atoms with van der Waals surface area (Å²) >= 11 is 0. The first-order valence-electron chi connectivity index (χ1n) is 10.5. The van der Waals surface area contributed by atoms with Crippen molar-refractivity contribution < 1.29 is 0 Å². The largest absolute Gasteiger partial charge is 0.0683 e. The van der Waals surface area contributed by atoms with E-state index in [9.17, 15) is 0 Å². The Balaban J connectivity index is 0.00000146. The zero-order valence-corrected chi connectivity index (χ0v) is 18.8. The van der Waals surface area contributed by atoms with Gasteiger partial charge in [-0.1, -0.05) is 109 Å². The van der Waals surface area contributed by atoms with Crippen LogP contribution in [0.4, 0.5) is 0 Å². The van der Waals surface area contributed by atoms with Crippen molar-refractivity contribution in [3.8, 4) is 11.1 Å². The van der Waals surface area contributed by atoms with Crippen LogP contribution in [0.25, 0.3) is 11.1 Å². The van der Waals surface area contributed by atoms with Gasteiger partial charge in [0, 0.05) is 0 Å². The second-order valence-electron chi connectivity index (χ2n) is 7.97. The molecule has 146 valence electrons. The van der Waals surface area contributed by atoms with Crippen LogP contribution in [0.2, 0.25) is 0 Å². The summed E-state index contributed by atoms with van der Waals surface area (Å²) in [5, 5.41) is 0. The van der Waals surface area contributed by atoms with Crippen molar-refractivity contribution in [1.82, 2.24) is 0 Å². The highest BCUT2D eigenvalue weighted by molar-refractivity contribution is 5.63. The third-order valence-corrected chi connectivity index (χ3v) is 4.23. The highest BCUT2D eigenvalue weighted by atomic mass is 14.2. The molecule has 26 heavy (non-hydrogen) atoms. The second-order valence-corrected chi connectivity index (χ2v) is 7.97. The van der Waals surface area contributed by atoms with Crippen LogP contribution in [-0.4, -0.2) is 0 Å². The van der Waals surface area contributed by atoms with Gasteiger partial charge in [-0.25, -0.2) is 0 Å². The molecule has 0 aliphatic rings. The van der Waals surface area contributed by atoms with Crippen LogP contribution < -0.4 is 0 Å². The van der Waals surface area contributed by atoms with Gasteiger partial charge in [-0.3, -0.25) is 0 Å². The molecule has 0 heterocycles. The topological polar surface area (TPSA) is 0 Å². The van der Waals surface area contributed by atoms with Gasteiger partial charge in [-0.05, 0) is 54.2 Å². The predicted molar refractivity (Wildman–Crippen MR) is 121 cm³/mol. The molecule has 2 aromatic rings. The lowest BCUT2D eigenvalue weighted by atomic mass is 9.83. The standard InChI is InChI=1S/C22H30.2C2H6/c1-17-7-12-20(13-8-17)21-14-10-19(11-15-21)9-6-18(2)16-22(3,4)5;2*1-2/h7-8,10-15,18H,6,9,16H2,1-5H3;2*1-2H3. The molecule has 0 spiro atoms. The van der Waals surface area contributed by atoms with Crippen LogP contribution in [0.3, 0.4) is 0 Å². The van der Waals surface area contributed by atoms with Gasteiger partial charge >= 0.3 is 0 Å². The van der Waals surface area contributed by atoms with Crippen LogP contribution in [0, 0.1) is 18.3 Å². The highest BCUT2D eigenvalue weighted by Crippen LogP contribution is 2.27. The van der Waals surface area contributed by atoms with Crippen molar-refractivity contribution in [1.29, 1.82) is 0 Å². The predicted octanol–water partition coefficient (Wildman–Crippen LogP) is 8.72. The minimum absolute atomic E-state index is 0.439. The Kier molecular flexibility index (Phi) is 12.0. The Labute approximate surface area is 164 Å². The fraction of sp³-hybridized carbons (Fsp3) is 0.538. The van der Waals surface area contributed by atoms with Gasteiger partial charge in [0.05, 0.1) is 0 Å². The Morgan fingerprint density at radius 2 is 1.15 bits per heavy atom. The molecule has 0 bridgehead atoms. The molecule has 2 aromatic carbocycles. The van der Waals surface area contributed by atoms with Gasteiger partial charge in [0.15, 0.2) is 0 Å². The molecular formula is C26H42. The molecule has 1 atom stereocenters. The summed E-state index contributed by atoms with van der Waals surface area (Å²) in [6, 6.07) is 17.9. The minimum atomic E-state index is 0.439. The van der Waals surface area contributed by atoms with E-state index in [0.717, 1.165) is 5.92 Å². The van der Waals surface area contributed by atoms with Gasteiger partial charge in [0.1, 0.15) is 0 Å². The number of benzene rings is 2. The van der Waals surface area contributed by atoms with Crippen LogP contribution in [-0.2, 0) is 6.42 Å². The highest BCUT2D eigenvalue weighted by Gasteiger charge is 2.15. The Morgan fingerprint density at radius 1 is 0.731 bits per heavy atom. The van der Waals surface area contributed by atoms with E-state index in [1.807, 2.05) is 27.7 Å². The molecule has 0 radical (unpaired) electrons. The maximum atomic E-state index is 2.38. The Morgan fingerprint density at radius 3 is 1.58 bits per heavy atom. The van der Waals surface area contributed by atoms with Crippen LogP contribution >= 0.6 is 0 Å². The number of rotatable bonds is 5. The summed E-state index contributed by atoms with van der Waals surface area (Å²) in [5.41, 5.74) is 5.82. The summed E-state index contributed by atoms with van der Waals surface area (Å²) < 4.78 is 0. The van der Waals surface area contributed by atoms with Crippen molar-refractivity contribution in [3.05, 3.63) is 59.7 Å². The summed E-state index contributed by atoms with van der Waals surface area (Å²) in [4.78, 5) is 0. The van der Waals surface area contributed by atoms with E-state index in [0.29, 0.717) is 5.41 Å². The first-order valence-corrected chi connectivity index (χ1v) is 10.5. The molecule has 0 heteroatoms. The third-order valence-electron chi connectivity index (χ3n) is 4.23. The molecule has 0 saturated heterocycles. The quantitative estimate of drug-likeness (QED) is 0.503. The van der Waals surface area contributed by atoms with Crippen molar-refractivity contribution in [2.45, 2.75) is 81.6 Å². The minimum Gasteiger partial charge on any atom is -0.0683 e.